The van der Waals surface area contributed by atoms with Gasteiger partial charge in [0.15, 0.2) is 0 Å². The van der Waals surface area contributed by atoms with E-state index in [0.29, 0.717) is 0 Å². The van der Waals surface area contributed by atoms with E-state index in [1.54, 1.807) is 6.26 Å². The number of hydrogen-bond acceptors (Lipinski definition) is 3. The van der Waals surface area contributed by atoms with E-state index < -0.39 is 5.97 Å². The second kappa shape index (κ2) is 4.49. The summed E-state index contributed by atoms with van der Waals surface area (Å²) in [5, 5.41) is 12.1. The van der Waals surface area contributed by atoms with E-state index in [-0.39, 0.29) is 12.0 Å². The van der Waals surface area contributed by atoms with Crippen LogP contribution in [0.5, 0.6) is 0 Å². The zero-order chi connectivity index (χ0) is 10.7. The lowest BCUT2D eigenvalue weighted by molar-refractivity contribution is -0.146. The Morgan fingerprint density at radius 1 is 1.60 bits per heavy atom. The van der Waals surface area contributed by atoms with Crippen molar-refractivity contribution in [1.29, 1.82) is 0 Å². The number of rotatable bonds is 5. The van der Waals surface area contributed by atoms with Crippen molar-refractivity contribution in [1.82, 2.24) is 5.32 Å². The summed E-state index contributed by atoms with van der Waals surface area (Å²) in [6.45, 7) is 0.780. The maximum Gasteiger partial charge on any atom is 0.308 e. The molecule has 15 heavy (non-hydrogen) atoms. The van der Waals surface area contributed by atoms with Gasteiger partial charge in [-0.05, 0) is 25.0 Å². The molecule has 1 fully saturated rings. The van der Waals surface area contributed by atoms with E-state index in [1.165, 1.54) is 0 Å². The van der Waals surface area contributed by atoms with Gasteiger partial charge in [0.2, 0.25) is 0 Å². The number of nitrogens with one attached hydrogen (secondary N) is 1. The summed E-state index contributed by atoms with van der Waals surface area (Å²) in [6.07, 6.45) is 4.23. The normalized spacial score (nSPS) is 24.8. The molecule has 82 valence electrons. The van der Waals surface area contributed by atoms with Gasteiger partial charge in [-0.3, -0.25) is 4.79 Å². The fraction of sp³-hybridized carbons (Fsp3) is 0.545. The number of hydrogen-bond donors (Lipinski definition) is 2. The minimum atomic E-state index is -0.684. The van der Waals surface area contributed by atoms with Crippen LogP contribution in [0.4, 0.5) is 0 Å². The number of aliphatic carboxylic acids is 1. The van der Waals surface area contributed by atoms with Gasteiger partial charge >= 0.3 is 5.97 Å². The Bertz CT molecular complexity index is 321. The zero-order valence-electron chi connectivity index (χ0n) is 8.48. The largest absolute Gasteiger partial charge is 0.481 e. The van der Waals surface area contributed by atoms with Gasteiger partial charge in [0, 0.05) is 19.0 Å². The number of furan rings is 1. The molecule has 2 rings (SSSR count). The first-order valence-electron chi connectivity index (χ1n) is 5.26. The molecule has 2 atom stereocenters. The SMILES string of the molecule is O=C(O)C1CCC1NCCc1ccco1. The van der Waals surface area contributed by atoms with Gasteiger partial charge in [0.05, 0.1) is 12.2 Å². The van der Waals surface area contributed by atoms with E-state index in [2.05, 4.69) is 5.32 Å². The van der Waals surface area contributed by atoms with Crippen molar-refractivity contribution in [2.45, 2.75) is 25.3 Å². The molecule has 1 saturated carbocycles. The standard InChI is InChI=1S/C11H15NO3/c13-11(14)9-3-4-10(9)12-6-5-8-2-1-7-15-8/h1-2,7,9-10,12H,3-6H2,(H,13,14). The highest BCUT2D eigenvalue weighted by atomic mass is 16.4. The van der Waals surface area contributed by atoms with Crippen LogP contribution in [0.15, 0.2) is 22.8 Å². The lowest BCUT2D eigenvalue weighted by atomic mass is 9.79. The van der Waals surface area contributed by atoms with E-state index in [9.17, 15) is 4.79 Å². The second-order valence-corrected chi connectivity index (χ2v) is 3.91. The summed E-state index contributed by atoms with van der Waals surface area (Å²) in [7, 11) is 0. The summed E-state index contributed by atoms with van der Waals surface area (Å²) in [4.78, 5) is 10.7. The first-order chi connectivity index (χ1) is 7.27. The summed E-state index contributed by atoms with van der Waals surface area (Å²) in [5.74, 6) is 0.0621. The molecule has 4 heteroatoms. The predicted molar refractivity (Wildman–Crippen MR) is 54.6 cm³/mol. The fourth-order valence-corrected chi connectivity index (χ4v) is 1.88. The number of carbonyl (C=O) groups is 1. The summed E-state index contributed by atoms with van der Waals surface area (Å²) < 4.78 is 5.18. The van der Waals surface area contributed by atoms with Gasteiger partial charge in [-0.2, -0.15) is 0 Å². The van der Waals surface area contributed by atoms with Gasteiger partial charge in [-0.15, -0.1) is 0 Å². The second-order valence-electron chi connectivity index (χ2n) is 3.91. The van der Waals surface area contributed by atoms with E-state index in [0.717, 1.165) is 31.6 Å². The van der Waals surface area contributed by atoms with Crippen molar-refractivity contribution >= 4 is 5.97 Å². The lowest BCUT2D eigenvalue weighted by Gasteiger charge is -2.34. The summed E-state index contributed by atoms with van der Waals surface area (Å²) in [5.41, 5.74) is 0. The number of carboxylic acid groups (broad SMARTS) is 1. The zero-order valence-corrected chi connectivity index (χ0v) is 8.48. The molecule has 0 saturated heterocycles. The molecular weight excluding hydrogens is 194 g/mol. The minimum absolute atomic E-state index is 0.150. The van der Waals surface area contributed by atoms with Crippen LogP contribution >= 0.6 is 0 Å². The third kappa shape index (κ3) is 2.39. The molecule has 0 aliphatic heterocycles. The topological polar surface area (TPSA) is 62.5 Å². The summed E-state index contributed by atoms with van der Waals surface area (Å²) >= 11 is 0. The molecule has 2 unspecified atom stereocenters. The Hall–Kier alpha value is -1.29. The first kappa shape index (κ1) is 10.2. The van der Waals surface area contributed by atoms with Crippen molar-refractivity contribution in [2.75, 3.05) is 6.54 Å². The van der Waals surface area contributed by atoms with Crippen LogP contribution in [-0.2, 0) is 11.2 Å². The third-order valence-corrected chi connectivity index (χ3v) is 2.95. The smallest absolute Gasteiger partial charge is 0.308 e. The van der Waals surface area contributed by atoms with Crippen LogP contribution in [0.25, 0.3) is 0 Å². The van der Waals surface area contributed by atoms with Gasteiger partial charge in [0.25, 0.3) is 0 Å². The average molecular weight is 209 g/mol. The van der Waals surface area contributed by atoms with Gasteiger partial charge in [0.1, 0.15) is 5.76 Å². The highest BCUT2D eigenvalue weighted by molar-refractivity contribution is 5.72. The van der Waals surface area contributed by atoms with Crippen LogP contribution in [-0.4, -0.2) is 23.7 Å². The van der Waals surface area contributed by atoms with Crippen molar-refractivity contribution in [3.05, 3.63) is 24.2 Å². The van der Waals surface area contributed by atoms with E-state index in [4.69, 9.17) is 9.52 Å². The number of carboxylic acids is 1. The molecule has 0 aromatic carbocycles. The maximum absolute atomic E-state index is 10.7. The quantitative estimate of drug-likeness (QED) is 0.766. The van der Waals surface area contributed by atoms with Crippen LogP contribution in [0, 0.1) is 5.92 Å². The molecule has 1 aliphatic rings. The van der Waals surface area contributed by atoms with E-state index in [1.807, 2.05) is 12.1 Å². The molecule has 1 aromatic heterocycles. The van der Waals surface area contributed by atoms with Crippen LogP contribution in [0.2, 0.25) is 0 Å². The Kier molecular flexibility index (Phi) is 3.06. The lowest BCUT2D eigenvalue weighted by Crippen LogP contribution is -2.48. The third-order valence-electron chi connectivity index (χ3n) is 2.95. The predicted octanol–water partition coefficient (Wildman–Crippen LogP) is 1.27. The van der Waals surface area contributed by atoms with Crippen LogP contribution in [0.1, 0.15) is 18.6 Å². The Morgan fingerprint density at radius 2 is 2.47 bits per heavy atom. The maximum atomic E-state index is 10.7. The first-order valence-corrected chi connectivity index (χ1v) is 5.26. The van der Waals surface area contributed by atoms with Gasteiger partial charge in [-0.25, -0.2) is 0 Å². The molecule has 0 spiro atoms. The van der Waals surface area contributed by atoms with Gasteiger partial charge < -0.3 is 14.8 Å². The van der Waals surface area contributed by atoms with Crippen molar-refractivity contribution in [3.63, 3.8) is 0 Å². The molecule has 0 radical (unpaired) electrons. The molecule has 1 heterocycles. The summed E-state index contributed by atoms with van der Waals surface area (Å²) in [6, 6.07) is 3.94. The molecule has 1 aromatic rings. The molecule has 0 amide bonds. The monoisotopic (exact) mass is 209 g/mol. The van der Waals surface area contributed by atoms with E-state index >= 15 is 0 Å². The highest BCUT2D eigenvalue weighted by Gasteiger charge is 2.35. The fourth-order valence-electron chi connectivity index (χ4n) is 1.88. The molecular formula is C11H15NO3. The Morgan fingerprint density at radius 3 is 3.00 bits per heavy atom. The van der Waals surface area contributed by atoms with Crippen molar-refractivity contribution in [2.24, 2.45) is 5.92 Å². The van der Waals surface area contributed by atoms with Crippen molar-refractivity contribution in [3.8, 4) is 0 Å². The molecule has 2 N–H and O–H groups in total. The van der Waals surface area contributed by atoms with Gasteiger partial charge in [-0.1, -0.05) is 0 Å². The Balaban J connectivity index is 1.68. The average Bonchev–Trinajstić information content (AvgIpc) is 2.61. The van der Waals surface area contributed by atoms with Crippen molar-refractivity contribution < 1.29 is 14.3 Å². The molecule has 4 nitrogen and oxygen atoms in total. The Labute approximate surface area is 88.3 Å². The molecule has 1 aliphatic carbocycles. The highest BCUT2D eigenvalue weighted by Crippen LogP contribution is 2.27. The van der Waals surface area contributed by atoms with Crippen LogP contribution in [0.3, 0.4) is 0 Å². The van der Waals surface area contributed by atoms with Crippen LogP contribution < -0.4 is 5.32 Å². The molecule has 0 bridgehead atoms. The minimum Gasteiger partial charge on any atom is -0.481 e.